The molecule has 3 nitrogen and oxygen atoms in total. The van der Waals surface area contributed by atoms with Gasteiger partial charge in [-0.3, -0.25) is 9.78 Å². The van der Waals surface area contributed by atoms with E-state index in [4.69, 9.17) is 5.26 Å². The van der Waals surface area contributed by atoms with Crippen molar-refractivity contribution in [1.82, 2.24) is 4.98 Å². The van der Waals surface area contributed by atoms with Gasteiger partial charge in [0.1, 0.15) is 0 Å². The van der Waals surface area contributed by atoms with Crippen LogP contribution in [0.4, 0.5) is 0 Å². The van der Waals surface area contributed by atoms with E-state index in [1.54, 1.807) is 24.4 Å². The van der Waals surface area contributed by atoms with Gasteiger partial charge < -0.3 is 0 Å². The Bertz CT molecular complexity index is 667. The normalized spacial score (nSPS) is 10.5. The molecular weight excluding hydrogens is 272 g/mol. The van der Waals surface area contributed by atoms with Gasteiger partial charge in [0.2, 0.25) is 0 Å². The summed E-state index contributed by atoms with van der Waals surface area (Å²) in [7, 11) is 0. The summed E-state index contributed by atoms with van der Waals surface area (Å²) in [5.74, 6) is 0.135. The smallest absolute Gasteiger partial charge is 0.155 e. The Morgan fingerprint density at radius 2 is 1.95 bits per heavy atom. The number of benzene rings is 1. The zero-order valence-corrected chi connectivity index (χ0v) is 12.4. The van der Waals surface area contributed by atoms with Gasteiger partial charge in [0, 0.05) is 18.8 Å². The van der Waals surface area contributed by atoms with Crippen molar-refractivity contribution < 1.29 is 4.79 Å². The van der Waals surface area contributed by atoms with Crippen LogP contribution in [0.15, 0.2) is 60.9 Å². The summed E-state index contributed by atoms with van der Waals surface area (Å²) in [6.45, 7) is 0. The number of ketones is 1. The fraction of sp³-hybridized carbons (Fsp3) is 0.211. The van der Waals surface area contributed by atoms with Gasteiger partial charge in [0.05, 0.1) is 11.6 Å². The van der Waals surface area contributed by atoms with Crippen molar-refractivity contribution in [2.75, 3.05) is 0 Å². The number of rotatable bonds is 7. The largest absolute Gasteiger partial charge is 0.295 e. The van der Waals surface area contributed by atoms with Gasteiger partial charge in [-0.15, -0.1) is 0 Å². The van der Waals surface area contributed by atoms with Gasteiger partial charge in [-0.25, -0.2) is 0 Å². The third-order valence-electron chi connectivity index (χ3n) is 3.37. The molecule has 0 aliphatic carbocycles. The van der Waals surface area contributed by atoms with Crippen LogP contribution in [0, 0.1) is 11.3 Å². The highest BCUT2D eigenvalue weighted by atomic mass is 16.1. The summed E-state index contributed by atoms with van der Waals surface area (Å²) in [5, 5.41) is 8.73. The third-order valence-corrected chi connectivity index (χ3v) is 3.37. The molecule has 3 heteroatoms. The molecule has 1 aromatic carbocycles. The summed E-state index contributed by atoms with van der Waals surface area (Å²) in [6.07, 6.45) is 10.1. The van der Waals surface area contributed by atoms with E-state index in [0.717, 1.165) is 18.4 Å². The van der Waals surface area contributed by atoms with Crippen LogP contribution in [0.25, 0.3) is 0 Å². The molecule has 0 fully saturated rings. The Morgan fingerprint density at radius 1 is 1.14 bits per heavy atom. The molecule has 22 heavy (non-hydrogen) atoms. The number of nitrogens with zero attached hydrogens (tertiary/aromatic N) is 2. The molecule has 0 bridgehead atoms. The second-order valence-electron chi connectivity index (χ2n) is 5.08. The van der Waals surface area contributed by atoms with E-state index < -0.39 is 0 Å². The predicted octanol–water partition coefficient (Wildman–Crippen LogP) is 3.64. The van der Waals surface area contributed by atoms with Crippen LogP contribution >= 0.6 is 0 Å². The number of hydrogen-bond acceptors (Lipinski definition) is 3. The topological polar surface area (TPSA) is 53.8 Å². The lowest BCUT2D eigenvalue weighted by Crippen LogP contribution is -1.96. The van der Waals surface area contributed by atoms with Crippen molar-refractivity contribution in [3.05, 3.63) is 77.6 Å². The van der Waals surface area contributed by atoms with Crippen molar-refractivity contribution in [3.63, 3.8) is 0 Å². The molecule has 110 valence electrons. The SMILES string of the molecule is N#Cc1ccc(CCC(=O)/C=C/CCc2cccnc2)cc1. The number of aromatic nitrogens is 1. The highest BCUT2D eigenvalue weighted by Gasteiger charge is 1.99. The molecule has 2 rings (SSSR count). The standard InChI is InChI=1S/C19H18N2O/c20-14-17-9-7-16(8-10-17)11-12-19(22)6-2-1-4-18-5-3-13-21-15-18/h2-3,5-10,13,15H,1,4,11-12H2/b6-2+. The zero-order valence-electron chi connectivity index (χ0n) is 12.4. The van der Waals surface area contributed by atoms with Crippen LogP contribution in [-0.2, 0) is 17.6 Å². The first-order valence-corrected chi connectivity index (χ1v) is 7.35. The summed E-state index contributed by atoms with van der Waals surface area (Å²) in [6, 6.07) is 13.4. The molecule has 0 aliphatic heterocycles. The predicted molar refractivity (Wildman–Crippen MR) is 86.2 cm³/mol. The van der Waals surface area contributed by atoms with E-state index in [1.165, 1.54) is 5.56 Å². The summed E-state index contributed by atoms with van der Waals surface area (Å²) < 4.78 is 0. The molecular formula is C19H18N2O. The first-order chi connectivity index (χ1) is 10.8. The lowest BCUT2D eigenvalue weighted by molar-refractivity contribution is -0.114. The van der Waals surface area contributed by atoms with Crippen molar-refractivity contribution in [2.45, 2.75) is 25.7 Å². The van der Waals surface area contributed by atoms with Gasteiger partial charge in [-0.05, 0) is 54.7 Å². The summed E-state index contributed by atoms with van der Waals surface area (Å²) in [4.78, 5) is 15.9. The second-order valence-corrected chi connectivity index (χ2v) is 5.08. The molecule has 1 aromatic heterocycles. The van der Waals surface area contributed by atoms with E-state index in [1.807, 2.05) is 36.5 Å². The molecule has 0 atom stereocenters. The molecule has 0 spiro atoms. The molecule has 0 saturated heterocycles. The summed E-state index contributed by atoms with van der Waals surface area (Å²) >= 11 is 0. The quantitative estimate of drug-likeness (QED) is 0.731. The molecule has 2 aromatic rings. The molecule has 0 radical (unpaired) electrons. The number of pyridine rings is 1. The lowest BCUT2D eigenvalue weighted by Gasteiger charge is -1.99. The van der Waals surface area contributed by atoms with Gasteiger partial charge in [-0.2, -0.15) is 5.26 Å². The number of allylic oxidation sites excluding steroid dienone is 2. The van der Waals surface area contributed by atoms with Crippen molar-refractivity contribution in [3.8, 4) is 6.07 Å². The molecule has 0 saturated carbocycles. The minimum Gasteiger partial charge on any atom is -0.295 e. The monoisotopic (exact) mass is 290 g/mol. The van der Waals surface area contributed by atoms with Crippen LogP contribution in [0.2, 0.25) is 0 Å². The minimum absolute atomic E-state index is 0.135. The fourth-order valence-corrected chi connectivity index (χ4v) is 2.11. The van der Waals surface area contributed by atoms with Gasteiger partial charge in [0.15, 0.2) is 5.78 Å². The van der Waals surface area contributed by atoms with Gasteiger partial charge in [0.25, 0.3) is 0 Å². The van der Waals surface area contributed by atoms with Crippen LogP contribution in [0.5, 0.6) is 0 Å². The molecule has 0 amide bonds. The second kappa shape index (κ2) is 8.53. The van der Waals surface area contributed by atoms with E-state index >= 15 is 0 Å². The molecule has 0 unspecified atom stereocenters. The Kier molecular flexibility index (Phi) is 6.07. The van der Waals surface area contributed by atoms with Crippen molar-refractivity contribution >= 4 is 5.78 Å². The Balaban J connectivity index is 1.71. The molecule has 1 heterocycles. The Hall–Kier alpha value is -2.73. The average molecular weight is 290 g/mol. The first kappa shape index (κ1) is 15.7. The average Bonchev–Trinajstić information content (AvgIpc) is 2.58. The molecule has 0 N–H and O–H groups in total. The first-order valence-electron chi connectivity index (χ1n) is 7.35. The number of hydrogen-bond donors (Lipinski definition) is 0. The molecule has 0 aliphatic rings. The van der Waals surface area contributed by atoms with Crippen molar-refractivity contribution in [2.24, 2.45) is 0 Å². The van der Waals surface area contributed by atoms with E-state index in [0.29, 0.717) is 18.4 Å². The maximum Gasteiger partial charge on any atom is 0.155 e. The van der Waals surface area contributed by atoms with Crippen LogP contribution in [0.1, 0.15) is 29.5 Å². The van der Waals surface area contributed by atoms with E-state index in [9.17, 15) is 4.79 Å². The van der Waals surface area contributed by atoms with Crippen LogP contribution in [0.3, 0.4) is 0 Å². The lowest BCUT2D eigenvalue weighted by atomic mass is 10.1. The number of carbonyl (C=O) groups excluding carboxylic acids is 1. The number of aryl methyl sites for hydroxylation is 2. The van der Waals surface area contributed by atoms with Gasteiger partial charge in [-0.1, -0.05) is 24.3 Å². The highest BCUT2D eigenvalue weighted by Crippen LogP contribution is 2.07. The third kappa shape index (κ3) is 5.34. The maximum atomic E-state index is 11.8. The van der Waals surface area contributed by atoms with Crippen LogP contribution < -0.4 is 0 Å². The van der Waals surface area contributed by atoms with Crippen molar-refractivity contribution in [1.29, 1.82) is 5.26 Å². The number of nitriles is 1. The zero-order chi connectivity index (χ0) is 15.6. The minimum atomic E-state index is 0.135. The fourth-order valence-electron chi connectivity index (χ4n) is 2.11. The maximum absolute atomic E-state index is 11.8. The number of carbonyl (C=O) groups is 1. The summed E-state index contributed by atoms with van der Waals surface area (Å²) in [5.41, 5.74) is 2.90. The highest BCUT2D eigenvalue weighted by molar-refractivity contribution is 5.89. The Morgan fingerprint density at radius 3 is 2.64 bits per heavy atom. The van der Waals surface area contributed by atoms with Crippen LogP contribution in [-0.4, -0.2) is 10.8 Å². The van der Waals surface area contributed by atoms with E-state index in [-0.39, 0.29) is 5.78 Å². The van der Waals surface area contributed by atoms with E-state index in [2.05, 4.69) is 11.1 Å². The Labute approximate surface area is 130 Å². The van der Waals surface area contributed by atoms with Gasteiger partial charge >= 0.3 is 0 Å².